The lowest BCUT2D eigenvalue weighted by Crippen LogP contribution is -2.04. The van der Waals surface area contributed by atoms with E-state index in [1.807, 2.05) is 19.9 Å². The van der Waals surface area contributed by atoms with Crippen LogP contribution in [0.1, 0.15) is 12.6 Å². The van der Waals surface area contributed by atoms with Gasteiger partial charge in [-0.25, -0.2) is 9.97 Å². The topological polar surface area (TPSA) is 50.7 Å². The highest BCUT2D eigenvalue weighted by atomic mass is 79.9. The van der Waals surface area contributed by atoms with Gasteiger partial charge < -0.3 is 5.32 Å². The molecule has 0 radical (unpaired) electrons. The largest absolute Gasteiger partial charge is 0.369 e. The summed E-state index contributed by atoms with van der Waals surface area (Å²) in [7, 11) is 0. The predicted molar refractivity (Wildman–Crippen MR) is 79.6 cm³/mol. The van der Waals surface area contributed by atoms with Crippen molar-refractivity contribution in [2.75, 3.05) is 11.9 Å². The summed E-state index contributed by atoms with van der Waals surface area (Å²) < 4.78 is 1.81. The summed E-state index contributed by atoms with van der Waals surface area (Å²) >= 11 is 6.89. The van der Waals surface area contributed by atoms with Crippen LogP contribution < -0.4 is 5.32 Å². The Labute approximate surface area is 123 Å². The SMILES string of the molecule is CCNc1nc(-c2cncc(Br)c2)nc(C)c1Br. The molecule has 0 unspecified atom stereocenters. The van der Waals surface area contributed by atoms with Gasteiger partial charge in [-0.3, -0.25) is 4.98 Å². The zero-order valence-electron chi connectivity index (χ0n) is 10.0. The maximum Gasteiger partial charge on any atom is 0.163 e. The molecule has 1 N–H and O–H groups in total. The van der Waals surface area contributed by atoms with Gasteiger partial charge in [0, 0.05) is 29.0 Å². The molecule has 18 heavy (non-hydrogen) atoms. The molecule has 2 heterocycles. The highest BCUT2D eigenvalue weighted by molar-refractivity contribution is 9.11. The van der Waals surface area contributed by atoms with Crippen LogP contribution in [0.5, 0.6) is 0 Å². The fourth-order valence-corrected chi connectivity index (χ4v) is 2.19. The quantitative estimate of drug-likeness (QED) is 0.891. The Kier molecular flexibility index (Phi) is 4.29. The molecule has 0 spiro atoms. The Morgan fingerprint density at radius 3 is 2.67 bits per heavy atom. The van der Waals surface area contributed by atoms with Crippen LogP contribution in [0.4, 0.5) is 5.82 Å². The number of hydrogen-bond donors (Lipinski definition) is 1. The van der Waals surface area contributed by atoms with E-state index in [9.17, 15) is 0 Å². The van der Waals surface area contributed by atoms with Crippen molar-refractivity contribution < 1.29 is 0 Å². The molecule has 0 amide bonds. The number of nitrogens with one attached hydrogen (secondary N) is 1. The van der Waals surface area contributed by atoms with Gasteiger partial charge in [-0.1, -0.05) is 0 Å². The van der Waals surface area contributed by atoms with Crippen molar-refractivity contribution in [2.45, 2.75) is 13.8 Å². The van der Waals surface area contributed by atoms with E-state index in [1.165, 1.54) is 0 Å². The standard InChI is InChI=1S/C12H12Br2N4/c1-3-16-12-10(14)7(2)17-11(18-12)8-4-9(13)6-15-5-8/h4-6H,3H2,1-2H3,(H,16,17,18). The average Bonchev–Trinajstić information content (AvgIpc) is 2.35. The number of rotatable bonds is 3. The molecule has 0 aliphatic rings. The summed E-state index contributed by atoms with van der Waals surface area (Å²) in [5.41, 5.74) is 1.79. The maximum atomic E-state index is 4.50. The first-order valence-electron chi connectivity index (χ1n) is 5.50. The van der Waals surface area contributed by atoms with Crippen molar-refractivity contribution in [1.82, 2.24) is 15.0 Å². The molecule has 2 rings (SSSR count). The lowest BCUT2D eigenvalue weighted by Gasteiger charge is -2.10. The van der Waals surface area contributed by atoms with Crippen molar-refractivity contribution in [3.8, 4) is 11.4 Å². The van der Waals surface area contributed by atoms with Crippen molar-refractivity contribution in [1.29, 1.82) is 0 Å². The van der Waals surface area contributed by atoms with Gasteiger partial charge in [-0.2, -0.15) is 0 Å². The molecular weight excluding hydrogens is 360 g/mol. The van der Waals surface area contributed by atoms with E-state index in [1.54, 1.807) is 12.4 Å². The van der Waals surface area contributed by atoms with Crippen LogP contribution in [0.2, 0.25) is 0 Å². The minimum Gasteiger partial charge on any atom is -0.369 e. The van der Waals surface area contributed by atoms with E-state index in [0.29, 0.717) is 5.82 Å². The summed E-state index contributed by atoms with van der Waals surface area (Å²) in [4.78, 5) is 13.1. The van der Waals surface area contributed by atoms with Gasteiger partial charge in [0.05, 0.1) is 10.2 Å². The first-order valence-corrected chi connectivity index (χ1v) is 7.09. The van der Waals surface area contributed by atoms with Crippen LogP contribution in [-0.4, -0.2) is 21.5 Å². The summed E-state index contributed by atoms with van der Waals surface area (Å²) in [5.74, 6) is 1.47. The Balaban J connectivity index is 2.51. The lowest BCUT2D eigenvalue weighted by atomic mass is 10.2. The van der Waals surface area contributed by atoms with Crippen LogP contribution in [0.3, 0.4) is 0 Å². The van der Waals surface area contributed by atoms with E-state index < -0.39 is 0 Å². The molecular formula is C12H12Br2N4. The first kappa shape index (κ1) is 13.4. The molecule has 0 aliphatic carbocycles. The smallest absolute Gasteiger partial charge is 0.163 e. The van der Waals surface area contributed by atoms with E-state index >= 15 is 0 Å². The Morgan fingerprint density at radius 1 is 1.22 bits per heavy atom. The predicted octanol–water partition coefficient (Wildman–Crippen LogP) is 3.80. The van der Waals surface area contributed by atoms with Crippen LogP contribution >= 0.6 is 31.9 Å². The van der Waals surface area contributed by atoms with E-state index in [0.717, 1.165) is 32.6 Å². The first-order chi connectivity index (χ1) is 8.61. The summed E-state index contributed by atoms with van der Waals surface area (Å²) in [5, 5.41) is 3.21. The lowest BCUT2D eigenvalue weighted by molar-refractivity contribution is 1.06. The second kappa shape index (κ2) is 5.75. The van der Waals surface area contributed by atoms with Gasteiger partial charge in [0.25, 0.3) is 0 Å². The Hall–Kier alpha value is -1.01. The maximum absolute atomic E-state index is 4.50. The van der Waals surface area contributed by atoms with Gasteiger partial charge in [-0.15, -0.1) is 0 Å². The van der Waals surface area contributed by atoms with Crippen molar-refractivity contribution in [3.63, 3.8) is 0 Å². The fraction of sp³-hybridized carbons (Fsp3) is 0.250. The molecule has 6 heteroatoms. The van der Waals surface area contributed by atoms with Gasteiger partial charge in [0.15, 0.2) is 5.82 Å². The number of hydrogen-bond acceptors (Lipinski definition) is 4. The van der Waals surface area contributed by atoms with E-state index in [2.05, 4.69) is 52.1 Å². The molecule has 2 aromatic heterocycles. The number of halogens is 2. The van der Waals surface area contributed by atoms with Crippen LogP contribution in [0, 0.1) is 6.92 Å². The molecule has 94 valence electrons. The van der Waals surface area contributed by atoms with Crippen molar-refractivity contribution >= 4 is 37.7 Å². The summed E-state index contributed by atoms with van der Waals surface area (Å²) in [6.07, 6.45) is 3.49. The third-order valence-corrected chi connectivity index (χ3v) is 3.71. The van der Waals surface area contributed by atoms with Gasteiger partial charge in [0.2, 0.25) is 0 Å². The molecule has 2 aromatic rings. The van der Waals surface area contributed by atoms with E-state index in [-0.39, 0.29) is 0 Å². The third-order valence-electron chi connectivity index (χ3n) is 2.32. The number of aromatic nitrogens is 3. The number of nitrogens with zero attached hydrogens (tertiary/aromatic N) is 3. The molecule has 0 saturated heterocycles. The minimum atomic E-state index is 0.667. The zero-order chi connectivity index (χ0) is 13.1. The molecule has 0 saturated carbocycles. The highest BCUT2D eigenvalue weighted by Gasteiger charge is 2.10. The molecule has 0 aromatic carbocycles. The van der Waals surface area contributed by atoms with Crippen molar-refractivity contribution in [3.05, 3.63) is 33.1 Å². The van der Waals surface area contributed by atoms with Gasteiger partial charge >= 0.3 is 0 Å². The van der Waals surface area contributed by atoms with E-state index in [4.69, 9.17) is 0 Å². The van der Waals surface area contributed by atoms with Crippen LogP contribution in [-0.2, 0) is 0 Å². The third kappa shape index (κ3) is 2.87. The second-order valence-corrected chi connectivity index (χ2v) is 5.43. The number of anilines is 1. The average molecular weight is 372 g/mol. The Bertz CT molecular complexity index is 572. The molecule has 0 aliphatic heterocycles. The molecule has 0 fully saturated rings. The van der Waals surface area contributed by atoms with Crippen LogP contribution in [0.15, 0.2) is 27.4 Å². The monoisotopic (exact) mass is 370 g/mol. The fourth-order valence-electron chi connectivity index (χ4n) is 1.51. The molecule has 0 atom stereocenters. The van der Waals surface area contributed by atoms with Crippen molar-refractivity contribution in [2.24, 2.45) is 0 Å². The molecule has 4 nitrogen and oxygen atoms in total. The molecule has 0 bridgehead atoms. The number of pyridine rings is 1. The number of aryl methyl sites for hydroxylation is 1. The second-order valence-electron chi connectivity index (χ2n) is 3.72. The van der Waals surface area contributed by atoms with Gasteiger partial charge in [-0.05, 0) is 51.8 Å². The normalized spacial score (nSPS) is 10.4. The minimum absolute atomic E-state index is 0.667. The van der Waals surface area contributed by atoms with Gasteiger partial charge in [0.1, 0.15) is 5.82 Å². The highest BCUT2D eigenvalue weighted by Crippen LogP contribution is 2.27. The summed E-state index contributed by atoms with van der Waals surface area (Å²) in [6, 6.07) is 1.95. The summed E-state index contributed by atoms with van der Waals surface area (Å²) in [6.45, 7) is 4.79. The van der Waals surface area contributed by atoms with Crippen LogP contribution in [0.25, 0.3) is 11.4 Å². The zero-order valence-corrected chi connectivity index (χ0v) is 13.2. The Morgan fingerprint density at radius 2 is 2.00 bits per heavy atom.